The molecule has 0 aromatic rings. The van der Waals surface area contributed by atoms with Gasteiger partial charge in [0.1, 0.15) is 104 Å². The fourth-order valence-corrected chi connectivity index (χ4v) is 7.27. The Morgan fingerprint density at radius 2 is 1.16 bits per heavy atom. The lowest BCUT2D eigenvalue weighted by atomic mass is 9.94. The molecule has 0 spiro atoms. The first kappa shape index (κ1) is 52.6. The monoisotopic (exact) mass is 910 g/mol. The number of aliphatic hydroxyl groups is 14. The van der Waals surface area contributed by atoms with Crippen LogP contribution in [0.25, 0.3) is 0 Å². The molecule has 2 amide bonds. The first-order valence-corrected chi connectivity index (χ1v) is 19.8. The third kappa shape index (κ3) is 12.5. The molecule has 4 heterocycles. The number of nitrogens with one attached hydrogen (secondary N) is 2. The molecule has 4 fully saturated rings. The Morgan fingerprint density at radius 1 is 0.613 bits per heavy atom. The maximum absolute atomic E-state index is 12.8. The highest BCUT2D eigenvalue weighted by atomic mass is 16.8. The topological polar surface area (TPSA) is 424 Å². The van der Waals surface area contributed by atoms with Crippen molar-refractivity contribution < 1.29 is 124 Å². The smallest absolute Gasteiger partial charge is 0.217 e. The highest BCUT2D eigenvalue weighted by Gasteiger charge is 2.55. The van der Waals surface area contributed by atoms with Crippen LogP contribution in [0.15, 0.2) is 0 Å². The van der Waals surface area contributed by atoms with Gasteiger partial charge in [0.2, 0.25) is 11.8 Å². The Bertz CT molecular complexity index is 1390. The minimum Gasteiger partial charge on any atom is -0.394 e. The van der Waals surface area contributed by atoms with E-state index in [-0.39, 0.29) is 0 Å². The van der Waals surface area contributed by atoms with Gasteiger partial charge in [0.05, 0.1) is 45.2 Å². The van der Waals surface area contributed by atoms with Crippen LogP contribution in [0.1, 0.15) is 27.7 Å². The van der Waals surface area contributed by atoms with Crippen molar-refractivity contribution in [1.29, 1.82) is 0 Å². The number of ether oxygens (including phenoxy) is 9. The Hall–Kier alpha value is -1.98. The lowest BCUT2D eigenvalue weighted by Gasteiger charge is -2.50. The number of carbonyl (C=O) groups is 2. The fraction of sp³-hybridized carbons (Fsp3) is 0.943. The molecule has 0 aromatic heterocycles. The number of carbonyl (C=O) groups excluding carboxylic acids is 2. The van der Waals surface area contributed by atoms with E-state index in [1.807, 2.05) is 0 Å². The van der Waals surface area contributed by atoms with Gasteiger partial charge in [-0.15, -0.1) is 0 Å². The van der Waals surface area contributed by atoms with Crippen LogP contribution in [0.3, 0.4) is 0 Å². The van der Waals surface area contributed by atoms with Gasteiger partial charge < -0.3 is 125 Å². The molecular formula is C35H62N2O25. The summed E-state index contributed by atoms with van der Waals surface area (Å²) in [5, 5.41) is 151. The highest BCUT2D eigenvalue weighted by molar-refractivity contribution is 5.73. The number of aliphatic hydroxyl groups excluding tert-OH is 14. The van der Waals surface area contributed by atoms with Crippen LogP contribution in [0.4, 0.5) is 0 Å². The van der Waals surface area contributed by atoms with E-state index in [2.05, 4.69) is 10.6 Å². The minimum absolute atomic E-state index is 0.742. The number of rotatable bonds is 19. The summed E-state index contributed by atoms with van der Waals surface area (Å²) in [5.41, 5.74) is 0. The van der Waals surface area contributed by atoms with Crippen LogP contribution < -0.4 is 10.6 Å². The molecule has 27 nitrogen and oxygen atoms in total. The van der Waals surface area contributed by atoms with Crippen molar-refractivity contribution in [3.05, 3.63) is 0 Å². The predicted molar refractivity (Wildman–Crippen MR) is 195 cm³/mol. The predicted octanol–water partition coefficient (Wildman–Crippen LogP) is -9.97. The van der Waals surface area contributed by atoms with E-state index in [1.54, 1.807) is 0 Å². The maximum atomic E-state index is 12.8. The molecule has 0 aromatic carbocycles. The summed E-state index contributed by atoms with van der Waals surface area (Å²) in [6.45, 7) is 0.249. The van der Waals surface area contributed by atoms with Gasteiger partial charge in [-0.3, -0.25) is 9.59 Å². The minimum atomic E-state index is -1.99. The zero-order chi connectivity index (χ0) is 46.3. The average molecular weight is 911 g/mol. The SMILES string of the molecule is CC(=O)NC1C(O)OC(COC2OC(CO)C(OC(OC(CO)C(C)O)C(O)CO)C(OC3OC(C)C(O)C(O)C3O)C2NC(C)=O)C(O)C1OC1OC(CO)C(O)C(O)C1O. The number of hydrogen-bond donors (Lipinski definition) is 16. The Kier molecular flexibility index (Phi) is 19.9. The van der Waals surface area contributed by atoms with Crippen LogP contribution >= 0.6 is 0 Å². The molecule has 24 atom stereocenters. The second-order valence-electron chi connectivity index (χ2n) is 15.5. The molecule has 4 rings (SSSR count). The van der Waals surface area contributed by atoms with E-state index < -0.39 is 192 Å². The van der Waals surface area contributed by atoms with E-state index in [0.717, 1.165) is 13.8 Å². The number of amides is 2. The number of hydrogen-bond acceptors (Lipinski definition) is 25. The van der Waals surface area contributed by atoms with E-state index >= 15 is 0 Å². The largest absolute Gasteiger partial charge is 0.394 e. The molecule has 4 aliphatic rings. The lowest BCUT2D eigenvalue weighted by Crippen LogP contribution is -2.70. The van der Waals surface area contributed by atoms with Gasteiger partial charge in [-0.1, -0.05) is 0 Å². The van der Waals surface area contributed by atoms with Crippen molar-refractivity contribution >= 4 is 11.8 Å². The van der Waals surface area contributed by atoms with Gasteiger partial charge in [0.15, 0.2) is 31.5 Å². The van der Waals surface area contributed by atoms with Crippen molar-refractivity contribution in [2.45, 2.75) is 175 Å². The Balaban J connectivity index is 1.69. The summed E-state index contributed by atoms with van der Waals surface area (Å²) in [7, 11) is 0. The summed E-state index contributed by atoms with van der Waals surface area (Å²) in [5.74, 6) is -1.53. The van der Waals surface area contributed by atoms with Crippen molar-refractivity contribution in [1.82, 2.24) is 10.6 Å². The van der Waals surface area contributed by atoms with Gasteiger partial charge in [-0.25, -0.2) is 0 Å². The zero-order valence-electron chi connectivity index (χ0n) is 34.1. The molecule has 0 bridgehead atoms. The van der Waals surface area contributed by atoms with E-state index in [4.69, 9.17) is 42.6 Å². The van der Waals surface area contributed by atoms with Crippen molar-refractivity contribution in [3.63, 3.8) is 0 Å². The van der Waals surface area contributed by atoms with Crippen molar-refractivity contribution in [2.75, 3.05) is 33.0 Å². The fourth-order valence-electron chi connectivity index (χ4n) is 7.27. The first-order valence-electron chi connectivity index (χ1n) is 19.8. The standard InChI is InChI=1S/C35H62N2O25/c1-10(42)15(6-39)57-32(14(45)5-38)60-28-17(8-41)59-33(20(37-13(4)44)30(28)62-34-26(51)24(49)21(46)11(2)55-34)54-9-18-23(48)29(19(31(53)56-18)36-12(3)43)61-35-27(52)25(50)22(47)16(7-40)58-35/h10-11,14-35,38-42,45-53H,5-9H2,1-4H3,(H,36,43)(H,37,44). The van der Waals surface area contributed by atoms with E-state index in [9.17, 15) is 81.1 Å². The molecule has 4 saturated heterocycles. The maximum Gasteiger partial charge on any atom is 0.217 e. The molecule has 24 unspecified atom stereocenters. The van der Waals surface area contributed by atoms with Gasteiger partial charge >= 0.3 is 0 Å². The van der Waals surface area contributed by atoms with Gasteiger partial charge in [0, 0.05) is 13.8 Å². The third-order valence-corrected chi connectivity index (χ3v) is 10.7. The molecule has 62 heavy (non-hydrogen) atoms. The summed E-state index contributed by atoms with van der Waals surface area (Å²) >= 11 is 0. The van der Waals surface area contributed by atoms with E-state index in [1.165, 1.54) is 13.8 Å². The summed E-state index contributed by atoms with van der Waals surface area (Å²) in [6, 6.07) is -3.22. The van der Waals surface area contributed by atoms with Crippen LogP contribution in [0.2, 0.25) is 0 Å². The molecule has 4 aliphatic heterocycles. The van der Waals surface area contributed by atoms with E-state index in [0.29, 0.717) is 0 Å². The Morgan fingerprint density at radius 3 is 1.71 bits per heavy atom. The van der Waals surface area contributed by atoms with Crippen molar-refractivity contribution in [2.24, 2.45) is 0 Å². The second kappa shape index (κ2) is 23.5. The highest BCUT2D eigenvalue weighted by Crippen LogP contribution is 2.34. The van der Waals surface area contributed by atoms with Crippen molar-refractivity contribution in [3.8, 4) is 0 Å². The summed E-state index contributed by atoms with van der Waals surface area (Å²) in [4.78, 5) is 24.9. The normalized spacial score (nSPS) is 43.6. The molecule has 0 aliphatic carbocycles. The Labute approximate surface area is 354 Å². The van der Waals surface area contributed by atoms with Crippen LogP contribution in [0.5, 0.6) is 0 Å². The molecule has 0 saturated carbocycles. The summed E-state index contributed by atoms with van der Waals surface area (Å²) in [6.07, 6.45) is -38.3. The van der Waals surface area contributed by atoms with Gasteiger partial charge in [-0.05, 0) is 13.8 Å². The molecule has 0 radical (unpaired) electrons. The van der Waals surface area contributed by atoms with Crippen LogP contribution in [0, 0.1) is 0 Å². The second-order valence-corrected chi connectivity index (χ2v) is 15.5. The lowest BCUT2D eigenvalue weighted by molar-refractivity contribution is -0.367. The third-order valence-electron chi connectivity index (χ3n) is 10.7. The van der Waals surface area contributed by atoms with Crippen LogP contribution in [-0.4, -0.2) is 264 Å². The van der Waals surface area contributed by atoms with Crippen LogP contribution in [-0.2, 0) is 52.2 Å². The zero-order valence-corrected chi connectivity index (χ0v) is 34.1. The first-order chi connectivity index (χ1) is 29.2. The quantitative estimate of drug-likeness (QED) is 0.0535. The molecule has 27 heteroatoms. The average Bonchev–Trinajstić information content (AvgIpc) is 3.22. The summed E-state index contributed by atoms with van der Waals surface area (Å²) < 4.78 is 52.0. The van der Waals surface area contributed by atoms with Gasteiger partial charge in [0.25, 0.3) is 0 Å². The van der Waals surface area contributed by atoms with Gasteiger partial charge in [-0.2, -0.15) is 0 Å². The molecule has 362 valence electrons. The molecule has 16 N–H and O–H groups in total. The molecular weight excluding hydrogens is 848 g/mol.